The molecule has 1 N–H and O–H groups in total. The van der Waals surface area contributed by atoms with Gasteiger partial charge in [-0.05, 0) is 87.3 Å². The van der Waals surface area contributed by atoms with E-state index in [0.29, 0.717) is 34.6 Å². The number of nitrogens with zero attached hydrogens (tertiary/aromatic N) is 2. The molecule has 3 aliphatic rings. The van der Waals surface area contributed by atoms with Crippen molar-refractivity contribution in [1.29, 1.82) is 5.26 Å². The summed E-state index contributed by atoms with van der Waals surface area (Å²) >= 11 is 0. The maximum absolute atomic E-state index is 12.7. The topological polar surface area (TPSA) is 65.4 Å². The second kappa shape index (κ2) is 7.42. The fourth-order valence-corrected chi connectivity index (χ4v) is 4.19. The maximum atomic E-state index is 12.7. The Labute approximate surface area is 159 Å². The van der Waals surface area contributed by atoms with Crippen molar-refractivity contribution in [2.75, 3.05) is 13.1 Å². The van der Waals surface area contributed by atoms with Gasteiger partial charge in [-0.25, -0.2) is 0 Å². The number of nitrogens with one attached hydrogen (secondary N) is 1. The summed E-state index contributed by atoms with van der Waals surface area (Å²) in [6.45, 7) is 4.52. The molecule has 2 atom stereocenters. The van der Waals surface area contributed by atoms with E-state index >= 15 is 0 Å². The lowest BCUT2D eigenvalue weighted by Crippen LogP contribution is -2.62. The van der Waals surface area contributed by atoms with Crippen molar-refractivity contribution in [2.45, 2.75) is 31.8 Å². The number of hydrogen-bond donors (Lipinski definition) is 1. The van der Waals surface area contributed by atoms with Gasteiger partial charge in [-0.3, -0.25) is 9.69 Å². The van der Waals surface area contributed by atoms with Gasteiger partial charge in [0.15, 0.2) is 0 Å². The van der Waals surface area contributed by atoms with Gasteiger partial charge in [0.2, 0.25) is 0 Å². The Morgan fingerprint density at radius 2 is 1.67 bits per heavy atom. The average Bonchev–Trinajstić information content (AvgIpc) is 2.72. The van der Waals surface area contributed by atoms with Gasteiger partial charge in [0, 0.05) is 17.6 Å². The minimum Gasteiger partial charge on any atom is -0.457 e. The highest BCUT2D eigenvalue weighted by atomic mass is 16.5. The van der Waals surface area contributed by atoms with Crippen molar-refractivity contribution >= 4 is 5.91 Å². The predicted molar refractivity (Wildman–Crippen MR) is 103 cm³/mol. The van der Waals surface area contributed by atoms with Crippen LogP contribution < -0.4 is 10.1 Å². The van der Waals surface area contributed by atoms with E-state index in [0.717, 1.165) is 13.1 Å². The molecular weight excluding hydrogens is 338 g/mol. The molecule has 5 nitrogen and oxygen atoms in total. The van der Waals surface area contributed by atoms with Crippen LogP contribution in [0, 0.1) is 17.2 Å². The Hall–Kier alpha value is -2.84. The number of fused-ring (bicyclic) bond motifs is 3. The number of piperidine rings is 3. The van der Waals surface area contributed by atoms with Crippen LogP contribution in [0.1, 0.15) is 35.7 Å². The molecule has 3 fully saturated rings. The molecule has 5 heteroatoms. The van der Waals surface area contributed by atoms with Crippen LogP contribution in [0.2, 0.25) is 0 Å². The Kier molecular flexibility index (Phi) is 4.83. The number of carbonyl (C=O) groups excluding carboxylic acids is 1. The fraction of sp³-hybridized carbons (Fsp3) is 0.364. The minimum absolute atomic E-state index is 0.0227. The lowest BCUT2D eigenvalue weighted by Gasteiger charge is -2.49. The molecule has 3 aliphatic heterocycles. The monoisotopic (exact) mass is 361 g/mol. The van der Waals surface area contributed by atoms with Crippen molar-refractivity contribution < 1.29 is 9.53 Å². The Morgan fingerprint density at radius 3 is 2.22 bits per heavy atom. The van der Waals surface area contributed by atoms with Gasteiger partial charge in [-0.2, -0.15) is 5.26 Å². The SMILES string of the molecule is C[C@H]1[C@H](NC(=O)c2ccc(Oc3ccc(C#N)cc3)cc2)C2CCN1CC2. The smallest absolute Gasteiger partial charge is 0.251 e. The first-order valence-corrected chi connectivity index (χ1v) is 9.47. The third-order valence-corrected chi connectivity index (χ3v) is 5.81. The van der Waals surface area contributed by atoms with Crippen molar-refractivity contribution in [3.63, 3.8) is 0 Å². The van der Waals surface area contributed by atoms with Gasteiger partial charge >= 0.3 is 0 Å². The number of nitriles is 1. The zero-order valence-electron chi connectivity index (χ0n) is 15.4. The molecule has 3 heterocycles. The van der Waals surface area contributed by atoms with Gasteiger partial charge in [-0.15, -0.1) is 0 Å². The minimum atomic E-state index is -0.0227. The van der Waals surface area contributed by atoms with E-state index < -0.39 is 0 Å². The van der Waals surface area contributed by atoms with Crippen LogP contribution >= 0.6 is 0 Å². The van der Waals surface area contributed by atoms with Gasteiger partial charge < -0.3 is 10.1 Å². The highest BCUT2D eigenvalue weighted by Crippen LogP contribution is 2.32. The third kappa shape index (κ3) is 3.67. The maximum Gasteiger partial charge on any atom is 0.251 e. The van der Waals surface area contributed by atoms with Crippen LogP contribution in [-0.2, 0) is 0 Å². The molecule has 0 radical (unpaired) electrons. The average molecular weight is 361 g/mol. The van der Waals surface area contributed by atoms with Crippen molar-refractivity contribution in [2.24, 2.45) is 5.92 Å². The van der Waals surface area contributed by atoms with Gasteiger partial charge in [0.05, 0.1) is 11.6 Å². The van der Waals surface area contributed by atoms with Crippen LogP contribution in [0.5, 0.6) is 11.5 Å². The highest BCUT2D eigenvalue weighted by Gasteiger charge is 2.40. The zero-order valence-corrected chi connectivity index (χ0v) is 15.4. The molecule has 2 bridgehead atoms. The number of carbonyl (C=O) groups is 1. The number of benzene rings is 2. The van der Waals surface area contributed by atoms with Crippen molar-refractivity contribution in [3.05, 3.63) is 59.7 Å². The van der Waals surface area contributed by atoms with Crippen LogP contribution in [0.15, 0.2) is 48.5 Å². The largest absolute Gasteiger partial charge is 0.457 e. The zero-order chi connectivity index (χ0) is 18.8. The molecular formula is C22H23N3O2. The molecule has 2 aromatic carbocycles. The number of ether oxygens (including phenoxy) is 1. The fourth-order valence-electron chi connectivity index (χ4n) is 4.19. The third-order valence-electron chi connectivity index (χ3n) is 5.81. The first-order valence-electron chi connectivity index (χ1n) is 9.47. The molecule has 0 unspecified atom stereocenters. The molecule has 0 saturated carbocycles. The summed E-state index contributed by atoms with van der Waals surface area (Å²) in [5, 5.41) is 12.1. The molecule has 3 saturated heterocycles. The van der Waals surface area contributed by atoms with E-state index in [1.165, 1.54) is 12.8 Å². The van der Waals surface area contributed by atoms with E-state index in [1.54, 1.807) is 48.5 Å². The summed E-state index contributed by atoms with van der Waals surface area (Å²) in [6.07, 6.45) is 2.35. The van der Waals surface area contributed by atoms with Gasteiger partial charge in [-0.1, -0.05) is 0 Å². The summed E-state index contributed by atoms with van der Waals surface area (Å²) in [7, 11) is 0. The van der Waals surface area contributed by atoms with Crippen molar-refractivity contribution in [3.8, 4) is 17.6 Å². The van der Waals surface area contributed by atoms with Gasteiger partial charge in [0.25, 0.3) is 5.91 Å². The number of hydrogen-bond acceptors (Lipinski definition) is 4. The van der Waals surface area contributed by atoms with Crippen LogP contribution in [-0.4, -0.2) is 36.0 Å². The van der Waals surface area contributed by atoms with E-state index in [4.69, 9.17) is 10.00 Å². The summed E-state index contributed by atoms with van der Waals surface area (Å²) in [4.78, 5) is 15.1. The lowest BCUT2D eigenvalue weighted by atomic mass is 9.79. The summed E-state index contributed by atoms with van der Waals surface area (Å²) in [5.74, 6) is 1.89. The number of amides is 1. The van der Waals surface area contributed by atoms with E-state index in [1.807, 2.05) is 0 Å². The molecule has 0 aliphatic carbocycles. The Bertz CT molecular complexity index is 845. The Morgan fingerprint density at radius 1 is 1.07 bits per heavy atom. The Balaban J connectivity index is 1.39. The van der Waals surface area contributed by atoms with Crippen LogP contribution in [0.25, 0.3) is 0 Å². The first kappa shape index (κ1) is 17.6. The molecule has 27 heavy (non-hydrogen) atoms. The molecule has 1 amide bonds. The standard InChI is InChI=1S/C22H23N3O2/c1-15-21(17-10-12-25(15)13-11-17)24-22(26)18-4-8-20(9-5-18)27-19-6-2-16(14-23)3-7-19/h2-9,15,17,21H,10-13H2,1H3,(H,24,26)/t15-,21-/m0/s1. The summed E-state index contributed by atoms with van der Waals surface area (Å²) < 4.78 is 5.77. The van der Waals surface area contributed by atoms with Gasteiger partial charge in [0.1, 0.15) is 11.5 Å². The normalized spacial score (nSPS) is 26.2. The molecule has 0 aromatic heterocycles. The molecule has 2 aromatic rings. The molecule has 0 spiro atoms. The van der Waals surface area contributed by atoms with Crippen molar-refractivity contribution in [1.82, 2.24) is 10.2 Å². The summed E-state index contributed by atoms with van der Waals surface area (Å²) in [5.41, 5.74) is 1.24. The lowest BCUT2D eigenvalue weighted by molar-refractivity contribution is 0.0217. The first-order chi connectivity index (χ1) is 13.1. The predicted octanol–water partition coefficient (Wildman–Crippen LogP) is 3.56. The second-order valence-electron chi connectivity index (χ2n) is 7.38. The van der Waals surface area contributed by atoms with E-state index in [2.05, 4.69) is 23.2 Å². The van der Waals surface area contributed by atoms with E-state index in [-0.39, 0.29) is 11.9 Å². The number of rotatable bonds is 4. The van der Waals surface area contributed by atoms with Crippen LogP contribution in [0.3, 0.4) is 0 Å². The summed E-state index contributed by atoms with van der Waals surface area (Å²) in [6, 6.07) is 16.8. The second-order valence-corrected chi connectivity index (χ2v) is 7.38. The van der Waals surface area contributed by atoms with Crippen LogP contribution in [0.4, 0.5) is 0 Å². The quantitative estimate of drug-likeness (QED) is 0.904. The highest BCUT2D eigenvalue weighted by molar-refractivity contribution is 5.94. The molecule has 5 rings (SSSR count). The molecule has 138 valence electrons. The van der Waals surface area contributed by atoms with E-state index in [9.17, 15) is 4.79 Å².